The number of halogens is 1. The molecule has 0 bridgehead atoms. The molecule has 0 fully saturated rings. The molecule has 1 aromatic rings. The zero-order valence-electron chi connectivity index (χ0n) is 10.4. The smallest absolute Gasteiger partial charge is 0.110 e. The maximum absolute atomic E-state index is 2.45. The Morgan fingerprint density at radius 3 is 2.27 bits per heavy atom. The van der Waals surface area contributed by atoms with Gasteiger partial charge in [0.1, 0.15) is 14.6 Å². The lowest BCUT2D eigenvalue weighted by Gasteiger charge is -2.34. The maximum atomic E-state index is 2.45. The van der Waals surface area contributed by atoms with Gasteiger partial charge < -0.3 is 28.5 Å². The van der Waals surface area contributed by atoms with Crippen molar-refractivity contribution in [3.8, 4) is 0 Å². The highest BCUT2D eigenvalue weighted by Crippen LogP contribution is 2.15. The Balaban J connectivity index is 0.00000196. The molecular weight excluding hydrogens is 333 g/mol. The molecule has 1 nitrogen and oxygen atoms in total. The SMILES string of the molecule is C[N+](C)(Cc1ccsc1)C[Si](C)(C)C.[I-]. The normalized spacial score (nSPS) is 12.3. The molecule has 15 heavy (non-hydrogen) atoms. The summed E-state index contributed by atoms with van der Waals surface area (Å²) in [5.41, 5.74) is 1.48. The molecule has 0 unspecified atom stereocenters. The first-order chi connectivity index (χ1) is 6.29. The van der Waals surface area contributed by atoms with Crippen LogP contribution in [0.25, 0.3) is 0 Å². The summed E-state index contributed by atoms with van der Waals surface area (Å²) in [4.78, 5) is 0. The maximum Gasteiger partial charge on any atom is 0.110 e. The van der Waals surface area contributed by atoms with E-state index in [0.29, 0.717) is 0 Å². The molecule has 88 valence electrons. The minimum Gasteiger partial charge on any atom is -1.00 e. The molecule has 0 amide bonds. The van der Waals surface area contributed by atoms with E-state index in [1.807, 2.05) is 0 Å². The first-order valence-electron chi connectivity index (χ1n) is 5.12. The minimum absolute atomic E-state index is 0. The van der Waals surface area contributed by atoms with Crippen molar-refractivity contribution in [2.24, 2.45) is 0 Å². The van der Waals surface area contributed by atoms with Crippen molar-refractivity contribution in [1.29, 1.82) is 0 Å². The van der Waals surface area contributed by atoms with E-state index < -0.39 is 8.07 Å². The zero-order valence-corrected chi connectivity index (χ0v) is 14.4. The van der Waals surface area contributed by atoms with Crippen LogP contribution in [-0.4, -0.2) is 32.8 Å². The molecule has 0 radical (unpaired) electrons. The molecule has 0 spiro atoms. The highest BCUT2D eigenvalue weighted by Gasteiger charge is 2.26. The number of hydrogen-bond donors (Lipinski definition) is 0. The molecular formula is C11H22INSSi. The van der Waals surface area contributed by atoms with Crippen molar-refractivity contribution < 1.29 is 28.5 Å². The van der Waals surface area contributed by atoms with Gasteiger partial charge in [-0.25, -0.2) is 0 Å². The average molecular weight is 355 g/mol. The van der Waals surface area contributed by atoms with Gasteiger partial charge in [-0.2, -0.15) is 11.3 Å². The van der Waals surface area contributed by atoms with Crippen LogP contribution in [0.5, 0.6) is 0 Å². The predicted molar refractivity (Wildman–Crippen MR) is 68.3 cm³/mol. The van der Waals surface area contributed by atoms with Crippen molar-refractivity contribution in [2.45, 2.75) is 26.2 Å². The number of nitrogens with zero attached hydrogens (tertiary/aromatic N) is 1. The van der Waals surface area contributed by atoms with Crippen molar-refractivity contribution >= 4 is 19.4 Å². The van der Waals surface area contributed by atoms with Gasteiger partial charge in [0.2, 0.25) is 0 Å². The van der Waals surface area contributed by atoms with Gasteiger partial charge >= 0.3 is 0 Å². The summed E-state index contributed by atoms with van der Waals surface area (Å²) in [5, 5.41) is 4.44. The highest BCUT2D eigenvalue weighted by atomic mass is 127. The van der Waals surface area contributed by atoms with E-state index in [1.54, 1.807) is 11.3 Å². The lowest BCUT2D eigenvalue weighted by molar-refractivity contribution is -0.894. The molecule has 1 rings (SSSR count). The third-order valence-electron chi connectivity index (χ3n) is 2.09. The molecule has 0 aliphatic heterocycles. The first kappa shape index (κ1) is 15.6. The van der Waals surface area contributed by atoms with E-state index in [0.717, 1.165) is 4.48 Å². The second-order valence-electron chi connectivity index (χ2n) is 5.94. The van der Waals surface area contributed by atoms with Crippen molar-refractivity contribution in [1.82, 2.24) is 0 Å². The fourth-order valence-electron chi connectivity index (χ4n) is 2.22. The number of hydrogen-bond acceptors (Lipinski definition) is 1. The lowest BCUT2D eigenvalue weighted by Crippen LogP contribution is -3.00. The van der Waals surface area contributed by atoms with Crippen LogP contribution in [0.3, 0.4) is 0 Å². The van der Waals surface area contributed by atoms with Crippen molar-refractivity contribution in [3.05, 3.63) is 22.4 Å². The van der Waals surface area contributed by atoms with E-state index in [2.05, 4.69) is 50.6 Å². The predicted octanol–water partition coefficient (Wildman–Crippen LogP) is 0.206. The Hall–Kier alpha value is 0.607. The topological polar surface area (TPSA) is 0 Å². The Bertz CT molecular complexity index is 277. The minimum atomic E-state index is -0.950. The fourth-order valence-corrected chi connectivity index (χ4v) is 5.56. The molecule has 0 aliphatic carbocycles. The van der Waals surface area contributed by atoms with Crippen LogP contribution in [0.1, 0.15) is 5.56 Å². The first-order valence-corrected chi connectivity index (χ1v) is 9.77. The molecule has 0 aliphatic rings. The number of rotatable bonds is 4. The summed E-state index contributed by atoms with van der Waals surface area (Å²) < 4.78 is 1.13. The molecule has 0 saturated carbocycles. The monoisotopic (exact) mass is 355 g/mol. The van der Waals surface area contributed by atoms with Gasteiger partial charge in [-0.15, -0.1) is 0 Å². The van der Waals surface area contributed by atoms with Gasteiger partial charge in [0.15, 0.2) is 0 Å². The van der Waals surface area contributed by atoms with Crippen molar-refractivity contribution in [2.75, 3.05) is 20.3 Å². The molecule has 0 aromatic carbocycles. The van der Waals surface area contributed by atoms with Crippen LogP contribution in [-0.2, 0) is 6.54 Å². The van der Waals surface area contributed by atoms with Gasteiger partial charge in [0.25, 0.3) is 0 Å². The second kappa shape index (κ2) is 5.79. The Morgan fingerprint density at radius 1 is 1.27 bits per heavy atom. The van der Waals surface area contributed by atoms with Crippen LogP contribution in [0.2, 0.25) is 19.6 Å². The van der Waals surface area contributed by atoms with Gasteiger partial charge in [-0.3, -0.25) is 0 Å². The third kappa shape index (κ3) is 6.71. The highest BCUT2D eigenvalue weighted by molar-refractivity contribution is 7.07. The van der Waals surface area contributed by atoms with Gasteiger partial charge in [-0.05, 0) is 16.8 Å². The Labute approximate surface area is 116 Å². The van der Waals surface area contributed by atoms with Crippen LogP contribution in [0.15, 0.2) is 16.8 Å². The summed E-state index contributed by atoms with van der Waals surface area (Å²) in [6.45, 7) is 8.51. The Kier molecular flexibility index (Phi) is 6.03. The van der Waals surface area contributed by atoms with E-state index >= 15 is 0 Å². The average Bonchev–Trinajstić information content (AvgIpc) is 2.31. The van der Waals surface area contributed by atoms with E-state index in [1.165, 1.54) is 18.3 Å². The van der Waals surface area contributed by atoms with Crippen LogP contribution >= 0.6 is 11.3 Å². The van der Waals surface area contributed by atoms with Crippen molar-refractivity contribution in [3.63, 3.8) is 0 Å². The van der Waals surface area contributed by atoms with Crippen LogP contribution in [0, 0.1) is 0 Å². The number of thiophene rings is 1. The molecule has 4 heteroatoms. The van der Waals surface area contributed by atoms with E-state index in [-0.39, 0.29) is 24.0 Å². The molecule has 1 aromatic heterocycles. The van der Waals surface area contributed by atoms with Crippen LogP contribution in [0.4, 0.5) is 0 Å². The van der Waals surface area contributed by atoms with Gasteiger partial charge in [0.05, 0.1) is 20.3 Å². The lowest BCUT2D eigenvalue weighted by atomic mass is 10.3. The van der Waals surface area contributed by atoms with Gasteiger partial charge in [-0.1, -0.05) is 19.6 Å². The van der Waals surface area contributed by atoms with Crippen LogP contribution < -0.4 is 24.0 Å². The summed E-state index contributed by atoms with van der Waals surface area (Å²) in [6.07, 6.45) is 1.35. The summed E-state index contributed by atoms with van der Waals surface area (Å²) >= 11 is 1.80. The standard InChI is InChI=1S/C11H22NSSi.HI/c1-12(2,10-14(3,4)5)8-11-6-7-13-9-11;/h6-7,9H,8,10H2,1-5H3;1H/q+1;/p-1. The summed E-state index contributed by atoms with van der Waals surface area (Å²) in [6, 6.07) is 2.24. The van der Waals surface area contributed by atoms with E-state index in [4.69, 9.17) is 0 Å². The molecule has 0 atom stereocenters. The molecule has 1 heterocycles. The zero-order chi connectivity index (χ0) is 10.8. The second-order valence-corrected chi connectivity index (χ2v) is 12.2. The summed E-state index contributed by atoms with van der Waals surface area (Å²) in [7, 11) is 3.74. The fraction of sp³-hybridized carbons (Fsp3) is 0.636. The molecule has 0 saturated heterocycles. The van der Waals surface area contributed by atoms with Gasteiger partial charge in [0, 0.05) is 5.56 Å². The Morgan fingerprint density at radius 2 is 1.87 bits per heavy atom. The third-order valence-corrected chi connectivity index (χ3v) is 4.63. The van der Waals surface area contributed by atoms with E-state index in [9.17, 15) is 0 Å². The largest absolute Gasteiger partial charge is 1.00 e. The summed E-state index contributed by atoms with van der Waals surface area (Å²) in [5.74, 6) is 0. The quantitative estimate of drug-likeness (QED) is 0.412. The number of quaternary nitrogens is 1. The molecule has 0 N–H and O–H groups in total.